The molecule has 0 aliphatic heterocycles. The van der Waals surface area contributed by atoms with Crippen molar-refractivity contribution in [2.24, 2.45) is 0 Å². The van der Waals surface area contributed by atoms with Crippen LogP contribution in [0.4, 0.5) is 5.69 Å². The number of nitrogens with zero attached hydrogens (tertiary/aromatic N) is 1. The number of benzene rings is 2. The van der Waals surface area contributed by atoms with Gasteiger partial charge in [-0.05, 0) is 35.7 Å². The average Bonchev–Trinajstić information content (AvgIpc) is 2.49. The highest BCUT2D eigenvalue weighted by molar-refractivity contribution is 7.99. The Morgan fingerprint density at radius 1 is 1.10 bits per heavy atom. The van der Waals surface area contributed by atoms with Crippen LogP contribution in [0.25, 0.3) is 10.8 Å². The highest BCUT2D eigenvalue weighted by Crippen LogP contribution is 2.35. The van der Waals surface area contributed by atoms with Crippen LogP contribution < -0.4 is 10.5 Å². The van der Waals surface area contributed by atoms with E-state index >= 15 is 0 Å². The van der Waals surface area contributed by atoms with Crippen LogP contribution in [0, 0.1) is 0 Å². The van der Waals surface area contributed by atoms with E-state index in [0.29, 0.717) is 0 Å². The van der Waals surface area contributed by atoms with Gasteiger partial charge in [-0.25, -0.2) is 4.98 Å². The maximum atomic E-state index is 6.00. The number of methoxy groups -OCH3 is 1. The zero-order valence-electron chi connectivity index (χ0n) is 11.0. The Kier molecular flexibility index (Phi) is 3.48. The summed E-state index contributed by atoms with van der Waals surface area (Å²) in [7, 11) is 1.67. The number of hydrogen-bond donors (Lipinski definition) is 1. The lowest BCUT2D eigenvalue weighted by atomic mass is 10.2. The van der Waals surface area contributed by atoms with Crippen molar-refractivity contribution >= 4 is 28.2 Å². The van der Waals surface area contributed by atoms with Gasteiger partial charge in [0.1, 0.15) is 10.8 Å². The van der Waals surface area contributed by atoms with Gasteiger partial charge in [0.05, 0.1) is 7.11 Å². The van der Waals surface area contributed by atoms with E-state index in [1.54, 1.807) is 18.9 Å². The van der Waals surface area contributed by atoms with Crippen LogP contribution in [-0.4, -0.2) is 12.1 Å². The molecule has 0 aliphatic rings. The van der Waals surface area contributed by atoms with E-state index in [0.717, 1.165) is 32.1 Å². The Bertz CT molecular complexity index is 758. The van der Waals surface area contributed by atoms with Gasteiger partial charge in [-0.1, -0.05) is 30.0 Å². The van der Waals surface area contributed by atoms with Gasteiger partial charge < -0.3 is 10.5 Å². The first-order valence-corrected chi connectivity index (χ1v) is 7.04. The largest absolute Gasteiger partial charge is 0.497 e. The SMILES string of the molecule is COc1ccc2ccnc(Sc3ccccc3N)c2c1. The Morgan fingerprint density at radius 2 is 1.95 bits per heavy atom. The molecule has 0 atom stereocenters. The molecule has 0 bridgehead atoms. The number of hydrogen-bond acceptors (Lipinski definition) is 4. The maximum Gasteiger partial charge on any atom is 0.119 e. The Hall–Kier alpha value is -2.20. The summed E-state index contributed by atoms with van der Waals surface area (Å²) in [6.07, 6.45) is 1.82. The summed E-state index contributed by atoms with van der Waals surface area (Å²) in [6.45, 7) is 0. The zero-order chi connectivity index (χ0) is 13.9. The first-order valence-electron chi connectivity index (χ1n) is 6.23. The highest BCUT2D eigenvalue weighted by atomic mass is 32.2. The maximum absolute atomic E-state index is 6.00. The monoisotopic (exact) mass is 282 g/mol. The fourth-order valence-corrected chi connectivity index (χ4v) is 2.95. The number of ether oxygens (including phenoxy) is 1. The topological polar surface area (TPSA) is 48.1 Å². The molecule has 0 aliphatic carbocycles. The lowest BCUT2D eigenvalue weighted by Gasteiger charge is -2.08. The van der Waals surface area contributed by atoms with Crippen molar-refractivity contribution in [3.63, 3.8) is 0 Å². The van der Waals surface area contributed by atoms with Crippen LogP contribution >= 0.6 is 11.8 Å². The normalized spacial score (nSPS) is 10.7. The molecule has 0 saturated carbocycles. The third-order valence-corrected chi connectivity index (χ3v) is 4.17. The second-order valence-corrected chi connectivity index (χ2v) is 5.37. The van der Waals surface area contributed by atoms with Crippen LogP contribution in [-0.2, 0) is 0 Å². The number of nitrogens with two attached hydrogens (primary N) is 1. The second kappa shape index (κ2) is 5.43. The number of para-hydroxylation sites is 1. The van der Waals surface area contributed by atoms with Crippen molar-refractivity contribution in [2.45, 2.75) is 9.92 Å². The summed E-state index contributed by atoms with van der Waals surface area (Å²) >= 11 is 1.57. The van der Waals surface area contributed by atoms with Crippen LogP contribution in [0.5, 0.6) is 5.75 Å². The van der Waals surface area contributed by atoms with Gasteiger partial charge in [-0.2, -0.15) is 0 Å². The molecule has 0 fully saturated rings. The van der Waals surface area contributed by atoms with E-state index in [1.165, 1.54) is 0 Å². The van der Waals surface area contributed by atoms with E-state index in [2.05, 4.69) is 4.98 Å². The number of nitrogen functional groups attached to an aromatic ring is 1. The van der Waals surface area contributed by atoms with E-state index in [4.69, 9.17) is 10.5 Å². The van der Waals surface area contributed by atoms with Gasteiger partial charge in [0.15, 0.2) is 0 Å². The molecule has 2 N–H and O–H groups in total. The Morgan fingerprint density at radius 3 is 2.75 bits per heavy atom. The number of pyridine rings is 1. The third kappa shape index (κ3) is 2.42. The second-order valence-electron chi connectivity index (χ2n) is 4.34. The molecule has 0 radical (unpaired) electrons. The van der Waals surface area contributed by atoms with Gasteiger partial charge in [0.25, 0.3) is 0 Å². The molecule has 1 heterocycles. The molecule has 1 aromatic heterocycles. The Labute approximate surface area is 121 Å². The summed E-state index contributed by atoms with van der Waals surface area (Å²) < 4.78 is 5.29. The molecule has 20 heavy (non-hydrogen) atoms. The Balaban J connectivity index is 2.09. The van der Waals surface area contributed by atoms with E-state index in [-0.39, 0.29) is 0 Å². The molecule has 3 aromatic rings. The lowest BCUT2D eigenvalue weighted by Crippen LogP contribution is -1.89. The minimum absolute atomic E-state index is 0.763. The molecule has 0 spiro atoms. The van der Waals surface area contributed by atoms with Gasteiger partial charge in [-0.15, -0.1) is 0 Å². The molecule has 100 valence electrons. The average molecular weight is 282 g/mol. The van der Waals surface area contributed by atoms with Crippen molar-refractivity contribution in [2.75, 3.05) is 12.8 Å². The molecule has 3 rings (SSSR count). The standard InChI is InChI=1S/C16H14N2OS/c1-19-12-7-6-11-8-9-18-16(13(11)10-12)20-15-5-3-2-4-14(15)17/h2-10H,17H2,1H3. The smallest absolute Gasteiger partial charge is 0.119 e. The van der Waals surface area contributed by atoms with Gasteiger partial charge in [-0.3, -0.25) is 0 Å². The molecule has 4 heteroatoms. The van der Waals surface area contributed by atoms with Crippen molar-refractivity contribution in [1.29, 1.82) is 0 Å². The minimum atomic E-state index is 0.763. The summed E-state index contributed by atoms with van der Waals surface area (Å²) in [5.41, 5.74) is 6.76. The van der Waals surface area contributed by atoms with E-state index in [9.17, 15) is 0 Å². The molecule has 0 saturated heterocycles. The number of anilines is 1. The van der Waals surface area contributed by atoms with Gasteiger partial charge in [0.2, 0.25) is 0 Å². The van der Waals surface area contributed by atoms with Gasteiger partial charge >= 0.3 is 0 Å². The molecule has 2 aromatic carbocycles. The fraction of sp³-hybridized carbons (Fsp3) is 0.0625. The van der Waals surface area contributed by atoms with Crippen LogP contribution in [0.15, 0.2) is 64.6 Å². The van der Waals surface area contributed by atoms with Crippen molar-refractivity contribution in [3.8, 4) is 5.75 Å². The molecular weight excluding hydrogens is 268 g/mol. The molecule has 0 unspecified atom stereocenters. The van der Waals surface area contributed by atoms with Crippen LogP contribution in [0.2, 0.25) is 0 Å². The predicted molar refractivity (Wildman–Crippen MR) is 83.3 cm³/mol. The van der Waals surface area contributed by atoms with Crippen molar-refractivity contribution in [1.82, 2.24) is 4.98 Å². The van der Waals surface area contributed by atoms with Crippen molar-refractivity contribution < 1.29 is 4.74 Å². The molecular formula is C16H14N2OS. The first-order chi connectivity index (χ1) is 9.78. The van der Waals surface area contributed by atoms with E-state index < -0.39 is 0 Å². The summed E-state index contributed by atoms with van der Waals surface area (Å²) in [5, 5.41) is 3.14. The minimum Gasteiger partial charge on any atom is -0.497 e. The number of fused-ring (bicyclic) bond motifs is 1. The number of aromatic nitrogens is 1. The summed E-state index contributed by atoms with van der Waals surface area (Å²) in [6, 6.07) is 15.8. The quantitative estimate of drug-likeness (QED) is 0.738. The molecule has 0 amide bonds. The van der Waals surface area contributed by atoms with E-state index in [1.807, 2.05) is 54.7 Å². The summed E-state index contributed by atoms with van der Waals surface area (Å²) in [4.78, 5) is 5.48. The number of rotatable bonds is 3. The van der Waals surface area contributed by atoms with Crippen LogP contribution in [0.1, 0.15) is 0 Å². The first kappa shape index (κ1) is 12.8. The zero-order valence-corrected chi connectivity index (χ0v) is 11.9. The van der Waals surface area contributed by atoms with Crippen molar-refractivity contribution in [3.05, 3.63) is 54.7 Å². The predicted octanol–water partition coefficient (Wildman–Crippen LogP) is 3.98. The highest BCUT2D eigenvalue weighted by Gasteiger charge is 2.07. The fourth-order valence-electron chi connectivity index (χ4n) is 2.01. The molecule has 3 nitrogen and oxygen atoms in total. The third-order valence-electron chi connectivity index (χ3n) is 3.06. The van der Waals surface area contributed by atoms with Crippen LogP contribution in [0.3, 0.4) is 0 Å². The summed E-state index contributed by atoms with van der Waals surface area (Å²) in [5.74, 6) is 0.827. The van der Waals surface area contributed by atoms with Gasteiger partial charge in [0, 0.05) is 22.2 Å². The lowest BCUT2D eigenvalue weighted by molar-refractivity contribution is 0.415.